The summed E-state index contributed by atoms with van der Waals surface area (Å²) in [6.45, 7) is 16.0. The second-order valence-corrected chi connectivity index (χ2v) is 8.58. The van der Waals surface area contributed by atoms with Crippen LogP contribution in [-0.2, 0) is 0 Å². The van der Waals surface area contributed by atoms with Gasteiger partial charge < -0.3 is 0 Å². The second-order valence-electron chi connectivity index (χ2n) is 8.58. The molecule has 0 nitrogen and oxygen atoms in total. The average Bonchev–Trinajstić information content (AvgIpc) is 2.47. The van der Waals surface area contributed by atoms with E-state index in [4.69, 9.17) is 0 Å². The highest BCUT2D eigenvalue weighted by atomic mass is 14.1. The summed E-state index contributed by atoms with van der Waals surface area (Å²) in [5.74, 6) is 2.66. The summed E-state index contributed by atoms with van der Waals surface area (Å²) in [4.78, 5) is 0. The zero-order valence-corrected chi connectivity index (χ0v) is 17.1. The van der Waals surface area contributed by atoms with Gasteiger partial charge in [-0.2, -0.15) is 0 Å². The third kappa shape index (κ3) is 16.4. The van der Waals surface area contributed by atoms with E-state index in [1.54, 1.807) is 0 Å². The molecule has 0 saturated heterocycles. The monoisotopic (exact) mass is 322 g/mol. The van der Waals surface area contributed by atoms with Gasteiger partial charge in [0.25, 0.3) is 0 Å². The minimum absolute atomic E-state index is 0.843. The Kier molecular flexibility index (Phi) is 15.1. The number of hydrogen-bond donors (Lipinski definition) is 0. The first-order valence-corrected chi connectivity index (χ1v) is 10.6. The Morgan fingerprint density at radius 2 is 1.22 bits per heavy atom. The van der Waals surface area contributed by atoms with E-state index in [1.807, 2.05) is 0 Å². The first kappa shape index (κ1) is 22.7. The molecular formula is C23H46. The van der Waals surface area contributed by atoms with Crippen molar-refractivity contribution in [1.29, 1.82) is 0 Å². The summed E-state index contributed by atoms with van der Waals surface area (Å²) < 4.78 is 0. The molecule has 0 saturated carbocycles. The molecule has 0 spiro atoms. The van der Waals surface area contributed by atoms with E-state index in [-0.39, 0.29) is 0 Å². The molecule has 0 fully saturated rings. The van der Waals surface area contributed by atoms with Crippen molar-refractivity contribution >= 4 is 0 Å². The fourth-order valence-corrected chi connectivity index (χ4v) is 3.51. The normalized spacial score (nSPS) is 14.2. The number of unbranched alkanes of at least 4 members (excludes halogenated alkanes) is 5. The van der Waals surface area contributed by atoms with E-state index in [0.29, 0.717) is 0 Å². The van der Waals surface area contributed by atoms with Gasteiger partial charge in [0.1, 0.15) is 0 Å². The Labute approximate surface area is 148 Å². The molecule has 0 aromatic heterocycles. The van der Waals surface area contributed by atoms with Crippen LogP contribution in [0, 0.1) is 17.8 Å². The molecule has 0 aliphatic rings. The van der Waals surface area contributed by atoms with Gasteiger partial charge in [-0.15, -0.1) is 0 Å². The minimum atomic E-state index is 0.843. The lowest BCUT2D eigenvalue weighted by molar-refractivity contribution is 0.408. The van der Waals surface area contributed by atoms with Gasteiger partial charge in [0.2, 0.25) is 0 Å². The molecule has 138 valence electrons. The highest BCUT2D eigenvalue weighted by molar-refractivity contribution is 4.94. The predicted molar refractivity (Wildman–Crippen MR) is 108 cm³/mol. The first-order chi connectivity index (χ1) is 11.0. The molecule has 0 amide bonds. The molecule has 2 atom stereocenters. The van der Waals surface area contributed by atoms with E-state index in [1.165, 1.54) is 89.0 Å². The SMILES string of the molecule is C=C(CCC)CC(C)CCCCCCCCC(C)CCC(C)C. The third-order valence-corrected chi connectivity index (χ3v) is 5.12. The van der Waals surface area contributed by atoms with Crippen molar-refractivity contribution in [2.75, 3.05) is 0 Å². The van der Waals surface area contributed by atoms with Crippen LogP contribution in [0.4, 0.5) is 0 Å². The van der Waals surface area contributed by atoms with E-state index in [0.717, 1.165) is 17.8 Å². The maximum absolute atomic E-state index is 4.20. The van der Waals surface area contributed by atoms with Crippen LogP contribution in [0.3, 0.4) is 0 Å². The van der Waals surface area contributed by atoms with E-state index >= 15 is 0 Å². The fraction of sp³-hybridized carbons (Fsp3) is 0.913. The van der Waals surface area contributed by atoms with Crippen LogP contribution >= 0.6 is 0 Å². The molecular weight excluding hydrogens is 276 g/mol. The molecule has 0 aromatic rings. The minimum Gasteiger partial charge on any atom is -0.0999 e. The van der Waals surface area contributed by atoms with Gasteiger partial charge in [-0.3, -0.25) is 0 Å². The lowest BCUT2D eigenvalue weighted by Crippen LogP contribution is -1.98. The van der Waals surface area contributed by atoms with Crippen molar-refractivity contribution in [2.24, 2.45) is 17.8 Å². The van der Waals surface area contributed by atoms with Crippen LogP contribution in [0.25, 0.3) is 0 Å². The molecule has 23 heavy (non-hydrogen) atoms. The van der Waals surface area contributed by atoms with E-state index < -0.39 is 0 Å². The van der Waals surface area contributed by atoms with Gasteiger partial charge in [0, 0.05) is 0 Å². The molecule has 0 heteroatoms. The van der Waals surface area contributed by atoms with Gasteiger partial charge in [-0.1, -0.05) is 117 Å². The molecule has 0 aliphatic heterocycles. The van der Waals surface area contributed by atoms with Crippen molar-refractivity contribution in [2.45, 2.75) is 118 Å². The molecule has 0 heterocycles. The number of hydrogen-bond acceptors (Lipinski definition) is 0. The Bertz CT molecular complexity index is 263. The van der Waals surface area contributed by atoms with Crippen LogP contribution in [0.15, 0.2) is 12.2 Å². The van der Waals surface area contributed by atoms with Gasteiger partial charge in [-0.25, -0.2) is 0 Å². The van der Waals surface area contributed by atoms with Crippen LogP contribution in [-0.4, -0.2) is 0 Å². The van der Waals surface area contributed by atoms with Crippen molar-refractivity contribution in [3.05, 3.63) is 12.2 Å². The van der Waals surface area contributed by atoms with Crippen molar-refractivity contribution in [3.63, 3.8) is 0 Å². The molecule has 0 rings (SSSR count). The van der Waals surface area contributed by atoms with Crippen LogP contribution in [0.5, 0.6) is 0 Å². The van der Waals surface area contributed by atoms with Crippen LogP contribution in [0.2, 0.25) is 0 Å². The third-order valence-electron chi connectivity index (χ3n) is 5.12. The summed E-state index contributed by atoms with van der Waals surface area (Å²) in [7, 11) is 0. The van der Waals surface area contributed by atoms with Gasteiger partial charge >= 0.3 is 0 Å². The van der Waals surface area contributed by atoms with E-state index in [2.05, 4.69) is 41.2 Å². The second kappa shape index (κ2) is 15.3. The zero-order valence-electron chi connectivity index (χ0n) is 17.1. The number of rotatable bonds is 16. The highest BCUT2D eigenvalue weighted by Gasteiger charge is 2.05. The standard InChI is InChI=1S/C23H46/c1-7-14-22(5)19-23(6)16-13-11-9-8-10-12-15-21(4)18-17-20(2)3/h20-21,23H,5,7-19H2,1-4,6H3. The molecule has 0 radical (unpaired) electrons. The quantitative estimate of drug-likeness (QED) is 0.197. The summed E-state index contributed by atoms with van der Waals surface area (Å²) in [5, 5.41) is 0. The molecule has 2 unspecified atom stereocenters. The Balaban J connectivity index is 3.34. The summed E-state index contributed by atoms with van der Waals surface area (Å²) in [6, 6.07) is 0. The van der Waals surface area contributed by atoms with Crippen molar-refractivity contribution in [3.8, 4) is 0 Å². The lowest BCUT2D eigenvalue weighted by Gasteiger charge is -2.13. The van der Waals surface area contributed by atoms with Gasteiger partial charge in [-0.05, 0) is 30.6 Å². The topological polar surface area (TPSA) is 0 Å². The van der Waals surface area contributed by atoms with Crippen LogP contribution in [0.1, 0.15) is 118 Å². The molecule has 0 aliphatic carbocycles. The van der Waals surface area contributed by atoms with Crippen LogP contribution < -0.4 is 0 Å². The van der Waals surface area contributed by atoms with Gasteiger partial charge in [0.15, 0.2) is 0 Å². The maximum atomic E-state index is 4.20. The predicted octanol–water partition coefficient (Wildman–Crippen LogP) is 8.56. The molecule has 0 aromatic carbocycles. The fourth-order valence-electron chi connectivity index (χ4n) is 3.51. The Hall–Kier alpha value is -0.260. The van der Waals surface area contributed by atoms with Crippen molar-refractivity contribution in [1.82, 2.24) is 0 Å². The first-order valence-electron chi connectivity index (χ1n) is 10.6. The highest BCUT2D eigenvalue weighted by Crippen LogP contribution is 2.21. The lowest BCUT2D eigenvalue weighted by atomic mass is 9.93. The number of allylic oxidation sites excluding steroid dienone is 1. The Morgan fingerprint density at radius 1 is 0.696 bits per heavy atom. The largest absolute Gasteiger partial charge is 0.0999 e. The Morgan fingerprint density at radius 3 is 1.74 bits per heavy atom. The van der Waals surface area contributed by atoms with Crippen molar-refractivity contribution < 1.29 is 0 Å². The summed E-state index contributed by atoms with van der Waals surface area (Å²) in [5.41, 5.74) is 1.46. The smallest absolute Gasteiger partial charge is 0.0297 e. The summed E-state index contributed by atoms with van der Waals surface area (Å²) in [6.07, 6.45) is 18.1. The molecule has 0 N–H and O–H groups in total. The molecule has 0 bridgehead atoms. The zero-order chi connectivity index (χ0) is 17.5. The van der Waals surface area contributed by atoms with Gasteiger partial charge in [0.05, 0.1) is 0 Å². The van der Waals surface area contributed by atoms with E-state index in [9.17, 15) is 0 Å². The summed E-state index contributed by atoms with van der Waals surface area (Å²) >= 11 is 0. The average molecular weight is 323 g/mol. The maximum Gasteiger partial charge on any atom is -0.0297 e.